The molecule has 1 aromatic heterocycles. The van der Waals surface area contributed by atoms with E-state index < -0.39 is 0 Å². The van der Waals surface area contributed by atoms with E-state index in [1.165, 1.54) is 16.3 Å². The molecule has 1 heterocycles. The number of para-hydroxylation sites is 1. The average molecular weight is 465 g/mol. The zero-order chi connectivity index (χ0) is 22.7. The van der Waals surface area contributed by atoms with Gasteiger partial charge in [0.25, 0.3) is 5.56 Å². The van der Waals surface area contributed by atoms with E-state index in [0.29, 0.717) is 32.5 Å². The standard InChI is InChI=1S/C24H21ClN4O2S/c1-28(2)18-13-9-17(10-14-18)26-22(30)15-32-24-27-21-6-4-3-5-20(21)23(31)29(24)19-11-7-16(25)8-12-19/h3-14H,15H2,1-2H3,(H,26,30). The maximum atomic E-state index is 13.2. The number of anilines is 2. The second-order valence-electron chi connectivity index (χ2n) is 7.31. The molecule has 8 heteroatoms. The Kier molecular flexibility index (Phi) is 6.48. The van der Waals surface area contributed by atoms with E-state index in [9.17, 15) is 9.59 Å². The lowest BCUT2D eigenvalue weighted by atomic mass is 10.2. The normalized spacial score (nSPS) is 10.8. The number of hydrogen-bond acceptors (Lipinski definition) is 5. The van der Waals surface area contributed by atoms with Crippen LogP contribution in [0.3, 0.4) is 0 Å². The minimum atomic E-state index is -0.194. The van der Waals surface area contributed by atoms with Crippen LogP contribution in [0.4, 0.5) is 11.4 Å². The van der Waals surface area contributed by atoms with Gasteiger partial charge in [0, 0.05) is 30.5 Å². The molecule has 0 spiro atoms. The molecule has 0 saturated carbocycles. The van der Waals surface area contributed by atoms with E-state index in [2.05, 4.69) is 10.3 Å². The molecule has 0 atom stereocenters. The first-order valence-corrected chi connectivity index (χ1v) is 11.3. The maximum absolute atomic E-state index is 13.2. The third kappa shape index (κ3) is 4.79. The van der Waals surface area contributed by atoms with Crippen LogP contribution in [0.2, 0.25) is 5.02 Å². The number of hydrogen-bond donors (Lipinski definition) is 1. The smallest absolute Gasteiger partial charge is 0.266 e. The van der Waals surface area contributed by atoms with Gasteiger partial charge in [0.2, 0.25) is 5.91 Å². The Balaban J connectivity index is 1.60. The Morgan fingerprint density at radius 1 is 1.03 bits per heavy atom. The molecule has 162 valence electrons. The topological polar surface area (TPSA) is 67.2 Å². The number of fused-ring (bicyclic) bond motifs is 1. The van der Waals surface area contributed by atoms with Crippen LogP contribution < -0.4 is 15.8 Å². The second-order valence-corrected chi connectivity index (χ2v) is 8.69. The van der Waals surface area contributed by atoms with Crippen molar-refractivity contribution >= 4 is 51.5 Å². The first-order valence-electron chi connectivity index (χ1n) is 9.90. The lowest BCUT2D eigenvalue weighted by Gasteiger charge is -2.14. The molecule has 6 nitrogen and oxygen atoms in total. The summed E-state index contributed by atoms with van der Waals surface area (Å²) < 4.78 is 1.52. The lowest BCUT2D eigenvalue weighted by Crippen LogP contribution is -2.23. The number of nitrogens with one attached hydrogen (secondary N) is 1. The van der Waals surface area contributed by atoms with Crippen LogP contribution in [0.1, 0.15) is 0 Å². The highest BCUT2D eigenvalue weighted by Gasteiger charge is 2.15. The highest BCUT2D eigenvalue weighted by atomic mass is 35.5. The van der Waals surface area contributed by atoms with Crippen molar-refractivity contribution in [2.24, 2.45) is 0 Å². The average Bonchev–Trinajstić information content (AvgIpc) is 2.79. The number of carbonyl (C=O) groups is 1. The molecule has 0 aliphatic carbocycles. The number of amides is 1. The summed E-state index contributed by atoms with van der Waals surface area (Å²) in [7, 11) is 3.92. The number of rotatable bonds is 6. The van der Waals surface area contributed by atoms with Crippen molar-refractivity contribution < 1.29 is 4.79 Å². The van der Waals surface area contributed by atoms with Gasteiger partial charge < -0.3 is 10.2 Å². The van der Waals surface area contributed by atoms with Crippen molar-refractivity contribution in [3.05, 3.63) is 88.2 Å². The van der Waals surface area contributed by atoms with Gasteiger partial charge in [-0.15, -0.1) is 0 Å². The van der Waals surface area contributed by atoms with E-state index in [-0.39, 0.29) is 17.2 Å². The molecule has 3 aromatic carbocycles. The molecule has 0 saturated heterocycles. The SMILES string of the molecule is CN(C)c1ccc(NC(=O)CSc2nc3ccccc3c(=O)n2-c2ccc(Cl)cc2)cc1. The largest absolute Gasteiger partial charge is 0.378 e. The zero-order valence-corrected chi connectivity index (χ0v) is 19.2. The molecule has 0 fully saturated rings. The van der Waals surface area contributed by atoms with E-state index in [1.807, 2.05) is 49.3 Å². The summed E-state index contributed by atoms with van der Waals surface area (Å²) in [5.74, 6) is -0.0778. The van der Waals surface area contributed by atoms with Crippen LogP contribution in [-0.4, -0.2) is 35.3 Å². The van der Waals surface area contributed by atoms with Crippen LogP contribution >= 0.6 is 23.4 Å². The monoisotopic (exact) mass is 464 g/mol. The quantitative estimate of drug-likeness (QED) is 0.327. The minimum absolute atomic E-state index is 0.105. The fourth-order valence-electron chi connectivity index (χ4n) is 3.20. The van der Waals surface area contributed by atoms with Gasteiger partial charge in [-0.05, 0) is 60.7 Å². The van der Waals surface area contributed by atoms with Crippen LogP contribution in [0.25, 0.3) is 16.6 Å². The van der Waals surface area contributed by atoms with Crippen molar-refractivity contribution in [1.29, 1.82) is 0 Å². The van der Waals surface area contributed by atoms with Crippen molar-refractivity contribution in [1.82, 2.24) is 9.55 Å². The highest BCUT2D eigenvalue weighted by Crippen LogP contribution is 2.23. The van der Waals surface area contributed by atoms with E-state index in [0.717, 1.165) is 5.69 Å². The predicted molar refractivity (Wildman–Crippen MR) is 132 cm³/mol. The highest BCUT2D eigenvalue weighted by molar-refractivity contribution is 7.99. The molecular weight excluding hydrogens is 444 g/mol. The van der Waals surface area contributed by atoms with Crippen molar-refractivity contribution in [2.75, 3.05) is 30.1 Å². The number of halogens is 1. The minimum Gasteiger partial charge on any atom is -0.378 e. The first-order chi connectivity index (χ1) is 15.4. The summed E-state index contributed by atoms with van der Waals surface area (Å²) in [5, 5.41) is 4.41. The molecule has 0 radical (unpaired) electrons. The number of thioether (sulfide) groups is 1. The molecule has 1 amide bonds. The summed E-state index contributed by atoms with van der Waals surface area (Å²) >= 11 is 7.23. The lowest BCUT2D eigenvalue weighted by molar-refractivity contribution is -0.113. The van der Waals surface area contributed by atoms with Crippen molar-refractivity contribution in [2.45, 2.75) is 5.16 Å². The molecule has 0 aliphatic rings. The number of aromatic nitrogens is 2. The molecule has 0 aliphatic heterocycles. The summed E-state index contributed by atoms with van der Waals surface area (Å²) in [6.07, 6.45) is 0. The first kappa shape index (κ1) is 21.9. The second kappa shape index (κ2) is 9.46. The molecule has 4 aromatic rings. The Labute approximate surface area is 194 Å². The van der Waals surface area contributed by atoms with Crippen molar-refractivity contribution in [3.63, 3.8) is 0 Å². The van der Waals surface area contributed by atoms with Gasteiger partial charge in [-0.25, -0.2) is 4.98 Å². The number of benzene rings is 3. The number of nitrogens with zero attached hydrogens (tertiary/aromatic N) is 3. The van der Waals surface area contributed by atoms with Gasteiger partial charge in [-0.1, -0.05) is 35.5 Å². The molecule has 1 N–H and O–H groups in total. The van der Waals surface area contributed by atoms with Crippen molar-refractivity contribution in [3.8, 4) is 5.69 Å². The molecule has 0 unspecified atom stereocenters. The summed E-state index contributed by atoms with van der Waals surface area (Å²) in [4.78, 5) is 32.4. The van der Waals surface area contributed by atoms with Crippen LogP contribution in [0.15, 0.2) is 82.7 Å². The number of carbonyl (C=O) groups excluding carboxylic acids is 1. The molecule has 4 rings (SSSR count). The molecular formula is C24H21ClN4O2S. The molecule has 32 heavy (non-hydrogen) atoms. The third-order valence-corrected chi connectivity index (χ3v) is 6.02. The van der Waals surface area contributed by atoms with E-state index in [4.69, 9.17) is 11.6 Å². The zero-order valence-electron chi connectivity index (χ0n) is 17.6. The van der Waals surface area contributed by atoms with Gasteiger partial charge in [-0.2, -0.15) is 0 Å². The van der Waals surface area contributed by atoms with Gasteiger partial charge >= 0.3 is 0 Å². The summed E-state index contributed by atoms with van der Waals surface area (Å²) in [6, 6.07) is 21.7. The summed E-state index contributed by atoms with van der Waals surface area (Å²) in [5.41, 5.74) is 2.79. The van der Waals surface area contributed by atoms with E-state index in [1.54, 1.807) is 42.5 Å². The predicted octanol–water partition coefficient (Wildman–Crippen LogP) is 4.84. The van der Waals surface area contributed by atoms with Gasteiger partial charge in [0.05, 0.1) is 22.3 Å². The van der Waals surface area contributed by atoms with Gasteiger partial charge in [0.15, 0.2) is 5.16 Å². The Hall–Kier alpha value is -3.29. The van der Waals surface area contributed by atoms with Crippen LogP contribution in [0.5, 0.6) is 0 Å². The van der Waals surface area contributed by atoms with E-state index >= 15 is 0 Å². The fourth-order valence-corrected chi connectivity index (χ4v) is 4.14. The van der Waals surface area contributed by atoms with Gasteiger partial charge in [-0.3, -0.25) is 14.2 Å². The van der Waals surface area contributed by atoms with Crippen LogP contribution in [0, 0.1) is 0 Å². The maximum Gasteiger partial charge on any atom is 0.266 e. The Morgan fingerprint density at radius 3 is 2.41 bits per heavy atom. The Bertz CT molecular complexity index is 1320. The van der Waals surface area contributed by atoms with Gasteiger partial charge in [0.1, 0.15) is 0 Å². The molecule has 0 bridgehead atoms. The summed E-state index contributed by atoms with van der Waals surface area (Å²) in [6.45, 7) is 0. The third-order valence-electron chi connectivity index (χ3n) is 4.83. The van der Waals surface area contributed by atoms with Crippen LogP contribution in [-0.2, 0) is 4.79 Å². The fraction of sp³-hybridized carbons (Fsp3) is 0.125. The Morgan fingerprint density at radius 2 is 1.72 bits per heavy atom.